The molecular weight excluding hydrogens is 302 g/mol. The van der Waals surface area contributed by atoms with Gasteiger partial charge in [-0.15, -0.1) is 0 Å². The zero-order valence-electron chi connectivity index (χ0n) is 12.3. The molecular formula is C13H13N7O3. The van der Waals surface area contributed by atoms with Crippen LogP contribution in [-0.4, -0.2) is 40.7 Å². The van der Waals surface area contributed by atoms with Gasteiger partial charge in [-0.25, -0.2) is 9.61 Å². The molecule has 1 aromatic carbocycles. The summed E-state index contributed by atoms with van der Waals surface area (Å²) >= 11 is 0. The molecule has 0 aliphatic carbocycles. The summed E-state index contributed by atoms with van der Waals surface area (Å²) in [5.74, 6) is 1.68. The van der Waals surface area contributed by atoms with E-state index in [-0.39, 0.29) is 22.9 Å². The van der Waals surface area contributed by atoms with E-state index in [0.717, 1.165) is 5.56 Å². The van der Waals surface area contributed by atoms with E-state index in [1.54, 1.807) is 32.6 Å². The summed E-state index contributed by atoms with van der Waals surface area (Å²) in [5, 5.41) is 11.2. The van der Waals surface area contributed by atoms with Crippen LogP contribution in [0.15, 0.2) is 27.9 Å². The van der Waals surface area contributed by atoms with Crippen molar-refractivity contribution >= 4 is 29.1 Å². The van der Waals surface area contributed by atoms with Crippen LogP contribution in [0.3, 0.4) is 0 Å². The Labute approximate surface area is 130 Å². The number of anilines is 2. The van der Waals surface area contributed by atoms with Crippen LogP contribution in [0.1, 0.15) is 5.56 Å². The molecule has 0 atom stereocenters. The highest BCUT2D eigenvalue weighted by molar-refractivity contribution is 5.84. The van der Waals surface area contributed by atoms with E-state index in [1.807, 2.05) is 6.07 Å². The van der Waals surface area contributed by atoms with E-state index >= 15 is 0 Å². The highest BCUT2D eigenvalue weighted by Gasteiger charge is 2.09. The molecule has 0 saturated carbocycles. The minimum absolute atomic E-state index is 0.132. The molecule has 3 rings (SSSR count). The van der Waals surface area contributed by atoms with Crippen molar-refractivity contribution in [2.45, 2.75) is 0 Å². The standard InChI is InChI=1S/C13H13N7O3/c1-21-8-4-3-7(9(5-8)22-2)6-15-18-11-10(14)16-12-13(17-11)20-23-19-12/h3-6H,1-2H3,(H2,14,16,19)(H,17,18,20)/b15-6-. The van der Waals surface area contributed by atoms with Crippen LogP contribution in [0.5, 0.6) is 11.5 Å². The van der Waals surface area contributed by atoms with Gasteiger partial charge in [-0.3, -0.25) is 5.43 Å². The Morgan fingerprint density at radius 3 is 2.70 bits per heavy atom. The number of nitrogens with zero attached hydrogens (tertiary/aromatic N) is 5. The van der Waals surface area contributed by atoms with Crippen molar-refractivity contribution in [3.63, 3.8) is 0 Å². The van der Waals surface area contributed by atoms with Crippen LogP contribution in [0.25, 0.3) is 11.3 Å². The van der Waals surface area contributed by atoms with E-state index in [1.165, 1.54) is 0 Å². The Morgan fingerprint density at radius 2 is 1.96 bits per heavy atom. The number of rotatable bonds is 5. The highest BCUT2D eigenvalue weighted by Crippen LogP contribution is 2.23. The number of nitrogen functional groups attached to an aromatic ring is 1. The average molecular weight is 315 g/mol. The third kappa shape index (κ3) is 2.95. The molecule has 2 aromatic heterocycles. The quantitative estimate of drug-likeness (QED) is 0.523. The van der Waals surface area contributed by atoms with Gasteiger partial charge in [0.2, 0.25) is 11.3 Å². The van der Waals surface area contributed by atoms with E-state index in [9.17, 15) is 0 Å². The number of benzene rings is 1. The SMILES string of the molecule is COc1ccc(/C=N\Nc2nc3nonc3nc2N)c(OC)c1. The van der Waals surface area contributed by atoms with Crippen molar-refractivity contribution in [3.05, 3.63) is 23.8 Å². The molecule has 3 N–H and O–H groups in total. The Balaban J connectivity index is 1.81. The van der Waals surface area contributed by atoms with Crippen LogP contribution in [0.4, 0.5) is 11.6 Å². The van der Waals surface area contributed by atoms with Crippen molar-refractivity contribution in [1.82, 2.24) is 20.3 Å². The zero-order valence-corrected chi connectivity index (χ0v) is 12.3. The van der Waals surface area contributed by atoms with E-state index in [4.69, 9.17) is 15.2 Å². The van der Waals surface area contributed by atoms with Crippen molar-refractivity contribution in [2.24, 2.45) is 5.10 Å². The maximum absolute atomic E-state index is 5.76. The third-order valence-corrected chi connectivity index (χ3v) is 2.96. The fourth-order valence-corrected chi connectivity index (χ4v) is 1.82. The summed E-state index contributed by atoms with van der Waals surface area (Å²) < 4.78 is 14.9. The number of hydrogen-bond acceptors (Lipinski definition) is 10. The Bertz CT molecular complexity index is 862. The first-order valence-electron chi connectivity index (χ1n) is 6.48. The van der Waals surface area contributed by atoms with Gasteiger partial charge < -0.3 is 15.2 Å². The lowest BCUT2D eigenvalue weighted by Crippen LogP contribution is -2.02. The summed E-state index contributed by atoms with van der Waals surface area (Å²) in [5.41, 5.74) is 9.67. The van der Waals surface area contributed by atoms with Gasteiger partial charge in [0.1, 0.15) is 11.5 Å². The van der Waals surface area contributed by atoms with Gasteiger partial charge in [0.15, 0.2) is 11.6 Å². The summed E-state index contributed by atoms with van der Waals surface area (Å²) in [6.45, 7) is 0. The van der Waals surface area contributed by atoms with Gasteiger partial charge in [0, 0.05) is 11.6 Å². The molecule has 0 amide bonds. The fraction of sp³-hybridized carbons (Fsp3) is 0.154. The summed E-state index contributed by atoms with van der Waals surface area (Å²) in [4.78, 5) is 8.09. The number of nitrogens with one attached hydrogen (secondary N) is 1. The smallest absolute Gasteiger partial charge is 0.245 e. The lowest BCUT2D eigenvalue weighted by atomic mass is 10.2. The number of ether oxygens (including phenoxy) is 2. The second kappa shape index (κ2) is 6.13. The maximum atomic E-state index is 5.76. The highest BCUT2D eigenvalue weighted by atomic mass is 16.6. The molecule has 0 unspecified atom stereocenters. The van der Waals surface area contributed by atoms with Crippen molar-refractivity contribution in [3.8, 4) is 11.5 Å². The van der Waals surface area contributed by atoms with Gasteiger partial charge in [-0.05, 0) is 22.4 Å². The molecule has 0 aliphatic rings. The second-order valence-electron chi connectivity index (χ2n) is 4.35. The molecule has 23 heavy (non-hydrogen) atoms. The van der Waals surface area contributed by atoms with Crippen LogP contribution < -0.4 is 20.6 Å². The molecule has 2 heterocycles. The van der Waals surface area contributed by atoms with E-state index in [0.29, 0.717) is 11.5 Å². The minimum atomic E-state index is 0.132. The number of methoxy groups -OCH3 is 2. The Hall–Kier alpha value is -3.43. The Kier molecular flexibility index (Phi) is 3.87. The van der Waals surface area contributed by atoms with Crippen molar-refractivity contribution in [1.29, 1.82) is 0 Å². The van der Waals surface area contributed by atoms with Gasteiger partial charge in [-0.1, -0.05) is 0 Å². The van der Waals surface area contributed by atoms with Gasteiger partial charge in [-0.2, -0.15) is 10.1 Å². The molecule has 3 aromatic rings. The number of hydrazone groups is 1. The van der Waals surface area contributed by atoms with E-state index in [2.05, 4.69) is 35.4 Å². The monoisotopic (exact) mass is 315 g/mol. The van der Waals surface area contributed by atoms with Crippen LogP contribution >= 0.6 is 0 Å². The topological polar surface area (TPSA) is 134 Å². The molecule has 0 fully saturated rings. The first kappa shape index (κ1) is 14.5. The lowest BCUT2D eigenvalue weighted by Gasteiger charge is -2.07. The lowest BCUT2D eigenvalue weighted by molar-refractivity contribution is 0.314. The molecule has 0 bridgehead atoms. The van der Waals surface area contributed by atoms with Gasteiger partial charge >= 0.3 is 0 Å². The zero-order chi connectivity index (χ0) is 16.2. The van der Waals surface area contributed by atoms with Crippen molar-refractivity contribution in [2.75, 3.05) is 25.4 Å². The number of fused-ring (bicyclic) bond motifs is 1. The van der Waals surface area contributed by atoms with Crippen molar-refractivity contribution < 1.29 is 14.1 Å². The molecule has 0 spiro atoms. The fourth-order valence-electron chi connectivity index (χ4n) is 1.82. The number of nitrogens with two attached hydrogens (primary N) is 1. The predicted octanol–water partition coefficient (Wildman–Crippen LogP) is 1.06. The second-order valence-corrected chi connectivity index (χ2v) is 4.35. The van der Waals surface area contributed by atoms with Crippen LogP contribution in [0.2, 0.25) is 0 Å². The maximum Gasteiger partial charge on any atom is 0.245 e. The molecule has 0 radical (unpaired) electrons. The molecule has 10 heteroatoms. The average Bonchev–Trinajstić information content (AvgIpc) is 3.02. The largest absolute Gasteiger partial charge is 0.497 e. The van der Waals surface area contributed by atoms with Gasteiger partial charge in [0.25, 0.3) is 0 Å². The first-order chi connectivity index (χ1) is 11.2. The molecule has 10 nitrogen and oxygen atoms in total. The van der Waals surface area contributed by atoms with Crippen LogP contribution in [-0.2, 0) is 0 Å². The van der Waals surface area contributed by atoms with Gasteiger partial charge in [0.05, 0.1) is 20.4 Å². The van der Waals surface area contributed by atoms with Crippen LogP contribution in [0, 0.1) is 0 Å². The Morgan fingerprint density at radius 1 is 1.17 bits per heavy atom. The number of hydrogen-bond donors (Lipinski definition) is 2. The summed E-state index contributed by atoms with van der Waals surface area (Å²) in [6, 6.07) is 5.36. The molecule has 0 saturated heterocycles. The normalized spacial score (nSPS) is 11.0. The molecule has 0 aliphatic heterocycles. The first-order valence-corrected chi connectivity index (χ1v) is 6.48. The molecule has 118 valence electrons. The minimum Gasteiger partial charge on any atom is -0.497 e. The summed E-state index contributed by atoms with van der Waals surface area (Å²) in [7, 11) is 3.15. The number of aromatic nitrogens is 4. The van der Waals surface area contributed by atoms with E-state index < -0.39 is 0 Å². The predicted molar refractivity (Wildman–Crippen MR) is 82.6 cm³/mol. The summed E-state index contributed by atoms with van der Waals surface area (Å²) in [6.07, 6.45) is 1.56. The third-order valence-electron chi connectivity index (χ3n) is 2.96.